The summed E-state index contributed by atoms with van der Waals surface area (Å²) < 4.78 is -0.586. The molecule has 0 radical (unpaired) electrons. The first-order valence-electron chi connectivity index (χ1n) is 9.22. The molecule has 146 valence electrons. The van der Waals surface area contributed by atoms with Crippen molar-refractivity contribution in [1.82, 2.24) is 15.5 Å². The first-order chi connectivity index (χ1) is 12.1. The summed E-state index contributed by atoms with van der Waals surface area (Å²) in [4.78, 5) is 40.6. The van der Waals surface area contributed by atoms with E-state index >= 15 is 0 Å². The minimum atomic E-state index is -0.661. The van der Waals surface area contributed by atoms with E-state index in [9.17, 15) is 19.5 Å². The topological polar surface area (TPSA) is 98.7 Å². The molecular formula is C18H29N3O4S. The molecule has 2 unspecified atom stereocenters. The predicted molar refractivity (Wildman–Crippen MR) is 99.5 cm³/mol. The third-order valence-corrected chi connectivity index (χ3v) is 7.72. The Bertz CT molecular complexity index is 634. The second-order valence-corrected chi connectivity index (χ2v) is 10.3. The van der Waals surface area contributed by atoms with Gasteiger partial charge < -0.3 is 20.6 Å². The number of nitrogens with one attached hydrogen (secondary N) is 2. The summed E-state index contributed by atoms with van der Waals surface area (Å²) in [5.41, 5.74) is -0.426. The van der Waals surface area contributed by atoms with E-state index in [1.54, 1.807) is 25.7 Å². The number of fused-ring (bicyclic) bond motifs is 1. The van der Waals surface area contributed by atoms with Gasteiger partial charge in [-0.3, -0.25) is 14.4 Å². The molecule has 2 bridgehead atoms. The first-order valence-corrected chi connectivity index (χ1v) is 10.1. The van der Waals surface area contributed by atoms with E-state index in [4.69, 9.17) is 0 Å². The number of hydrogen-bond donors (Lipinski definition) is 3. The molecule has 3 rings (SSSR count). The Labute approximate surface area is 158 Å². The third kappa shape index (κ3) is 2.72. The number of carbonyl (C=O) groups is 3. The van der Waals surface area contributed by atoms with Crippen molar-refractivity contribution < 1.29 is 19.5 Å². The zero-order chi connectivity index (χ0) is 19.4. The number of aliphatic hydroxyl groups is 1. The first kappa shape index (κ1) is 19.5. The van der Waals surface area contributed by atoms with E-state index in [-0.39, 0.29) is 29.6 Å². The van der Waals surface area contributed by atoms with Crippen molar-refractivity contribution in [3.63, 3.8) is 0 Å². The number of thioether (sulfide) groups is 1. The van der Waals surface area contributed by atoms with Crippen molar-refractivity contribution in [2.75, 3.05) is 13.7 Å². The van der Waals surface area contributed by atoms with Crippen LogP contribution in [-0.2, 0) is 14.4 Å². The predicted octanol–water partition coefficient (Wildman–Crippen LogP) is 0.119. The Morgan fingerprint density at radius 2 is 2.04 bits per heavy atom. The molecule has 0 aromatic rings. The van der Waals surface area contributed by atoms with Crippen LogP contribution in [0.5, 0.6) is 0 Å². The Morgan fingerprint density at radius 1 is 1.38 bits per heavy atom. The van der Waals surface area contributed by atoms with Gasteiger partial charge in [0, 0.05) is 17.8 Å². The van der Waals surface area contributed by atoms with E-state index in [2.05, 4.69) is 10.6 Å². The van der Waals surface area contributed by atoms with Gasteiger partial charge in [-0.15, -0.1) is 11.8 Å². The molecule has 3 fully saturated rings. The Morgan fingerprint density at radius 3 is 2.58 bits per heavy atom. The fourth-order valence-corrected chi connectivity index (χ4v) is 7.06. The van der Waals surface area contributed by atoms with Gasteiger partial charge in [-0.1, -0.05) is 0 Å². The van der Waals surface area contributed by atoms with Crippen molar-refractivity contribution in [3.8, 4) is 0 Å². The quantitative estimate of drug-likeness (QED) is 0.640. The molecule has 3 heterocycles. The maximum Gasteiger partial charge on any atom is 0.244 e. The highest BCUT2D eigenvalue weighted by Crippen LogP contribution is 2.66. The number of rotatable bonds is 4. The number of amides is 3. The number of hydrogen-bond acceptors (Lipinski definition) is 5. The average Bonchev–Trinajstić information content (AvgIpc) is 3.19. The van der Waals surface area contributed by atoms with E-state index in [0.717, 1.165) is 12.8 Å². The summed E-state index contributed by atoms with van der Waals surface area (Å²) >= 11 is 1.63. The van der Waals surface area contributed by atoms with Crippen LogP contribution in [0.1, 0.15) is 40.5 Å². The van der Waals surface area contributed by atoms with Crippen molar-refractivity contribution in [2.45, 2.75) is 68.2 Å². The third-order valence-electron chi connectivity index (χ3n) is 5.77. The van der Waals surface area contributed by atoms with Gasteiger partial charge in [0.05, 0.1) is 29.2 Å². The molecule has 3 amide bonds. The van der Waals surface area contributed by atoms with Gasteiger partial charge in [0.15, 0.2) is 0 Å². The van der Waals surface area contributed by atoms with Crippen LogP contribution < -0.4 is 10.6 Å². The van der Waals surface area contributed by atoms with Crippen molar-refractivity contribution in [2.24, 2.45) is 11.8 Å². The maximum absolute atomic E-state index is 13.3. The summed E-state index contributed by atoms with van der Waals surface area (Å²) in [6.45, 7) is 7.25. The molecule has 3 aliphatic rings. The maximum atomic E-state index is 13.3. The van der Waals surface area contributed by atoms with E-state index in [1.165, 1.54) is 4.90 Å². The molecule has 1 spiro atoms. The fourth-order valence-electron chi connectivity index (χ4n) is 4.86. The van der Waals surface area contributed by atoms with Crippen LogP contribution in [0.3, 0.4) is 0 Å². The minimum Gasteiger partial charge on any atom is -0.394 e. The molecule has 0 saturated carbocycles. The number of aliphatic hydroxyl groups excluding tert-OH is 1. The summed E-state index contributed by atoms with van der Waals surface area (Å²) in [6.07, 6.45) is 1.57. The molecule has 26 heavy (non-hydrogen) atoms. The molecule has 8 heteroatoms. The highest BCUT2D eigenvalue weighted by Gasteiger charge is 2.74. The Balaban J connectivity index is 2.05. The summed E-state index contributed by atoms with van der Waals surface area (Å²) in [5, 5.41) is 15.5. The minimum absolute atomic E-state index is 0.0698. The smallest absolute Gasteiger partial charge is 0.244 e. The monoisotopic (exact) mass is 383 g/mol. The zero-order valence-corrected chi connectivity index (χ0v) is 16.9. The standard InChI is InChI=1S/C18H29N3O4S/c1-9(8-22)21-13(15(24)20-17(2,3)4)18-7-6-10(26-18)11(14(23)19-5)12(18)16(21)25/h9-13,22H,6-8H2,1-5H3,(H,19,23)(H,20,24)/t9-,10+,11-,12+,13?,18?/m1/s1. The lowest BCUT2D eigenvalue weighted by Gasteiger charge is -2.37. The van der Waals surface area contributed by atoms with Crippen molar-refractivity contribution >= 4 is 29.5 Å². The largest absolute Gasteiger partial charge is 0.394 e. The molecule has 3 aliphatic heterocycles. The highest BCUT2D eigenvalue weighted by atomic mass is 32.2. The molecular weight excluding hydrogens is 354 g/mol. The number of likely N-dealkylation sites (tertiary alicyclic amines) is 1. The summed E-state index contributed by atoms with van der Waals surface area (Å²) in [7, 11) is 1.59. The lowest BCUT2D eigenvalue weighted by molar-refractivity contribution is -0.142. The van der Waals surface area contributed by atoms with Crippen molar-refractivity contribution in [3.05, 3.63) is 0 Å². The molecule has 0 aromatic carbocycles. The van der Waals surface area contributed by atoms with E-state index < -0.39 is 34.2 Å². The van der Waals surface area contributed by atoms with Crippen LogP contribution in [-0.4, -0.2) is 69.0 Å². The molecule has 3 N–H and O–H groups in total. The molecule has 7 nitrogen and oxygen atoms in total. The van der Waals surface area contributed by atoms with Crippen LogP contribution in [0.4, 0.5) is 0 Å². The second kappa shape index (κ2) is 6.41. The highest BCUT2D eigenvalue weighted by molar-refractivity contribution is 8.02. The van der Waals surface area contributed by atoms with Gasteiger partial charge in [-0.25, -0.2) is 0 Å². The summed E-state index contributed by atoms with van der Waals surface area (Å²) in [6, 6.07) is -1.13. The van der Waals surface area contributed by atoms with Gasteiger partial charge >= 0.3 is 0 Å². The lowest BCUT2D eigenvalue weighted by Crippen LogP contribution is -2.58. The molecule has 0 aromatic heterocycles. The van der Waals surface area contributed by atoms with E-state index in [1.807, 2.05) is 20.8 Å². The van der Waals surface area contributed by atoms with Gasteiger partial charge in [0.1, 0.15) is 6.04 Å². The normalized spacial score (nSPS) is 36.8. The molecule has 0 aliphatic carbocycles. The van der Waals surface area contributed by atoms with Gasteiger partial charge in [-0.2, -0.15) is 0 Å². The van der Waals surface area contributed by atoms with Crippen LogP contribution >= 0.6 is 11.8 Å². The second-order valence-electron chi connectivity index (χ2n) is 8.69. The van der Waals surface area contributed by atoms with Gasteiger partial charge in [0.25, 0.3) is 0 Å². The summed E-state index contributed by atoms with van der Waals surface area (Å²) in [5.74, 6) is -1.41. The fraction of sp³-hybridized carbons (Fsp3) is 0.833. The SMILES string of the molecule is CNC(=O)[C@@H]1[C@@H]2CCC3(S2)C(C(=O)NC(C)(C)C)N([C@H](C)CO)C(=O)[C@H]13. The number of nitrogens with zero attached hydrogens (tertiary/aromatic N) is 1. The molecule has 6 atom stereocenters. The van der Waals surface area contributed by atoms with Crippen LogP contribution in [0.25, 0.3) is 0 Å². The Kier molecular flexibility index (Phi) is 4.80. The number of carbonyl (C=O) groups excluding carboxylic acids is 3. The van der Waals surface area contributed by atoms with E-state index in [0.29, 0.717) is 0 Å². The lowest BCUT2D eigenvalue weighted by atomic mass is 9.70. The van der Waals surface area contributed by atoms with Gasteiger partial charge in [0.2, 0.25) is 17.7 Å². The Hall–Kier alpha value is -1.28. The van der Waals surface area contributed by atoms with Crippen LogP contribution in [0.2, 0.25) is 0 Å². The van der Waals surface area contributed by atoms with Gasteiger partial charge in [-0.05, 0) is 40.5 Å². The van der Waals surface area contributed by atoms with Crippen LogP contribution in [0.15, 0.2) is 0 Å². The average molecular weight is 384 g/mol. The molecule has 3 saturated heterocycles. The zero-order valence-electron chi connectivity index (χ0n) is 16.0. The van der Waals surface area contributed by atoms with Crippen LogP contribution in [0, 0.1) is 11.8 Å². The van der Waals surface area contributed by atoms with Crippen molar-refractivity contribution in [1.29, 1.82) is 0 Å².